The van der Waals surface area contributed by atoms with Crippen molar-refractivity contribution >= 4 is 11.6 Å². The van der Waals surface area contributed by atoms with Crippen LogP contribution in [0.5, 0.6) is 0 Å². The molecule has 0 N–H and O–H groups in total. The smallest absolute Gasteiger partial charge is 0.307 e. The van der Waals surface area contributed by atoms with Gasteiger partial charge in [0.1, 0.15) is 0 Å². The number of unbranched alkanes of at least 4 members (excludes halogenated alkanes) is 1. The van der Waals surface area contributed by atoms with E-state index in [-0.39, 0.29) is 11.8 Å². The van der Waals surface area contributed by atoms with Crippen molar-refractivity contribution in [3.63, 3.8) is 0 Å². The number of alkyl halides is 3. The first kappa shape index (κ1) is 29.1. The van der Waals surface area contributed by atoms with Crippen molar-refractivity contribution in [2.45, 2.75) is 64.0 Å². The maximum Gasteiger partial charge on any atom is 0.416 e. The number of carbonyl (C=O) groups excluding carboxylic acids is 1. The molecule has 0 bridgehead atoms. The lowest BCUT2D eigenvalue weighted by molar-refractivity contribution is -0.137. The van der Waals surface area contributed by atoms with Crippen molar-refractivity contribution in [3.8, 4) is 0 Å². The summed E-state index contributed by atoms with van der Waals surface area (Å²) in [5, 5.41) is 0. The molecule has 216 valence electrons. The highest BCUT2D eigenvalue weighted by atomic mass is 19.4. The van der Waals surface area contributed by atoms with E-state index >= 15 is 0 Å². The molecular formula is C35H39F3N2O. The molecule has 2 aliphatic heterocycles. The molecule has 0 spiro atoms. The van der Waals surface area contributed by atoms with Crippen LogP contribution in [0.3, 0.4) is 0 Å². The molecule has 2 heterocycles. The average molecular weight is 561 g/mol. The number of carbonyl (C=O) groups is 1. The first-order chi connectivity index (χ1) is 19.8. The Labute approximate surface area is 241 Å². The maximum atomic E-state index is 13.0. The summed E-state index contributed by atoms with van der Waals surface area (Å²) in [5.41, 5.74) is 6.45. The zero-order chi connectivity index (χ0) is 29.0. The van der Waals surface area contributed by atoms with Crippen molar-refractivity contribution in [2.75, 3.05) is 26.2 Å². The number of fused-ring (bicyclic) bond motifs is 3. The highest BCUT2D eigenvalue weighted by Gasteiger charge is 2.34. The summed E-state index contributed by atoms with van der Waals surface area (Å²) in [5.74, 6) is 0.194. The van der Waals surface area contributed by atoms with E-state index in [0.29, 0.717) is 0 Å². The van der Waals surface area contributed by atoms with Gasteiger partial charge in [-0.2, -0.15) is 13.2 Å². The summed E-state index contributed by atoms with van der Waals surface area (Å²) in [6.07, 6.45) is 3.35. The van der Waals surface area contributed by atoms with Crippen LogP contribution in [0.2, 0.25) is 0 Å². The van der Waals surface area contributed by atoms with Crippen LogP contribution in [0.25, 0.3) is 5.70 Å². The lowest BCUT2D eigenvalue weighted by Crippen LogP contribution is -2.37. The molecule has 1 saturated heterocycles. The monoisotopic (exact) mass is 560 g/mol. The number of hydrogen-bond acceptors (Lipinski definition) is 2. The number of hydrogen-bond donors (Lipinski definition) is 0. The van der Waals surface area contributed by atoms with E-state index in [0.717, 1.165) is 66.7 Å². The van der Waals surface area contributed by atoms with Gasteiger partial charge in [-0.15, -0.1) is 0 Å². The Morgan fingerprint density at radius 3 is 2.24 bits per heavy atom. The molecule has 1 amide bonds. The summed E-state index contributed by atoms with van der Waals surface area (Å²) in [6, 6.07) is 20.1. The fourth-order valence-corrected chi connectivity index (χ4v) is 6.38. The lowest BCUT2D eigenvalue weighted by Gasteiger charge is -2.29. The number of piperidine rings is 1. The van der Waals surface area contributed by atoms with E-state index in [9.17, 15) is 18.0 Å². The van der Waals surface area contributed by atoms with Gasteiger partial charge in [0.25, 0.3) is 5.91 Å². The highest BCUT2D eigenvalue weighted by molar-refractivity contribution is 6.08. The molecular weight excluding hydrogens is 521 g/mol. The molecule has 3 aromatic carbocycles. The van der Waals surface area contributed by atoms with E-state index < -0.39 is 11.7 Å². The Kier molecular flexibility index (Phi) is 8.98. The van der Waals surface area contributed by atoms with Gasteiger partial charge >= 0.3 is 6.18 Å². The normalized spacial score (nSPS) is 18.3. The number of benzene rings is 3. The average Bonchev–Trinajstić information content (AvgIpc) is 3.23. The van der Waals surface area contributed by atoms with Crippen molar-refractivity contribution < 1.29 is 18.0 Å². The summed E-state index contributed by atoms with van der Waals surface area (Å²) in [4.78, 5) is 16.6. The molecule has 0 radical (unpaired) electrons. The van der Waals surface area contributed by atoms with E-state index in [1.807, 2.05) is 41.3 Å². The molecule has 6 rings (SSSR count). The maximum absolute atomic E-state index is 13.0. The molecule has 1 atom stereocenters. The predicted octanol–water partition coefficient (Wildman–Crippen LogP) is 8.53. The molecule has 3 aromatic rings. The van der Waals surface area contributed by atoms with E-state index in [4.69, 9.17) is 0 Å². The van der Waals surface area contributed by atoms with E-state index in [2.05, 4.69) is 30.5 Å². The highest BCUT2D eigenvalue weighted by Crippen LogP contribution is 2.42. The molecule has 3 aliphatic rings. The predicted molar refractivity (Wildman–Crippen MR) is 159 cm³/mol. The second kappa shape index (κ2) is 12.6. The lowest BCUT2D eigenvalue weighted by atomic mass is 9.75. The van der Waals surface area contributed by atoms with Crippen molar-refractivity contribution in [2.24, 2.45) is 0 Å². The van der Waals surface area contributed by atoms with Crippen LogP contribution in [-0.2, 0) is 12.6 Å². The summed E-state index contributed by atoms with van der Waals surface area (Å²) in [6.45, 7) is 10.2. The number of likely N-dealkylation sites (tertiary alicyclic amines) is 1. The second-order valence-corrected chi connectivity index (χ2v) is 11.3. The van der Waals surface area contributed by atoms with Crippen LogP contribution in [0.1, 0.15) is 95.1 Å². The molecule has 1 fully saturated rings. The Balaban J connectivity index is 0.000000166. The van der Waals surface area contributed by atoms with Crippen molar-refractivity contribution in [1.29, 1.82) is 0 Å². The molecule has 0 saturated carbocycles. The van der Waals surface area contributed by atoms with Crippen LogP contribution >= 0.6 is 0 Å². The van der Waals surface area contributed by atoms with E-state index in [1.54, 1.807) is 6.07 Å². The van der Waals surface area contributed by atoms with Gasteiger partial charge in [-0.25, -0.2) is 0 Å². The largest absolute Gasteiger partial charge is 0.416 e. The van der Waals surface area contributed by atoms with Gasteiger partial charge in [0.15, 0.2) is 0 Å². The number of amides is 1. The van der Waals surface area contributed by atoms with Gasteiger partial charge in [-0.1, -0.05) is 81.3 Å². The summed E-state index contributed by atoms with van der Waals surface area (Å²) in [7, 11) is 0. The number of halogens is 3. The zero-order valence-corrected chi connectivity index (χ0v) is 23.9. The number of nitrogens with zero attached hydrogens (tertiary/aromatic N) is 2. The molecule has 0 aromatic heterocycles. The van der Waals surface area contributed by atoms with E-state index in [1.165, 1.54) is 55.6 Å². The fourth-order valence-electron chi connectivity index (χ4n) is 6.38. The zero-order valence-electron chi connectivity index (χ0n) is 23.9. The van der Waals surface area contributed by atoms with Gasteiger partial charge in [0.05, 0.1) is 5.56 Å². The topological polar surface area (TPSA) is 23.6 Å². The minimum absolute atomic E-state index is 0.0854. The van der Waals surface area contributed by atoms with Gasteiger partial charge in [-0.3, -0.25) is 4.79 Å². The van der Waals surface area contributed by atoms with Crippen LogP contribution in [0, 0.1) is 0 Å². The number of rotatable bonds is 6. The Bertz CT molecular complexity index is 1360. The van der Waals surface area contributed by atoms with Crippen LogP contribution < -0.4 is 0 Å². The summed E-state index contributed by atoms with van der Waals surface area (Å²) >= 11 is 0. The third-order valence-electron chi connectivity index (χ3n) is 8.63. The van der Waals surface area contributed by atoms with Gasteiger partial charge in [-0.05, 0) is 79.2 Å². The first-order valence-corrected chi connectivity index (χ1v) is 14.9. The second-order valence-electron chi connectivity index (χ2n) is 11.3. The van der Waals surface area contributed by atoms with Crippen molar-refractivity contribution in [3.05, 3.63) is 112 Å². The molecule has 1 aliphatic carbocycles. The van der Waals surface area contributed by atoms with Crippen LogP contribution in [-0.4, -0.2) is 41.9 Å². The standard InChI is InChI=1S/C19H19F3.C16H20N2O/c1-2-3-7-17-16-8-5-4-6-13(16)11-14-9-10-15(12-18(14)17)19(20,21)22;1-13-14-7-3-4-8-15(14)16(19)18(13)12-11-17-9-5-2-6-10-17/h4-6,8-10,12,17H,2-3,7,11H2,1H3;3-4,7-8H,1-2,5-6,9-12H2. The molecule has 6 heteroatoms. The fraction of sp³-hybridized carbons (Fsp3) is 0.400. The van der Waals surface area contributed by atoms with Gasteiger partial charge < -0.3 is 9.80 Å². The van der Waals surface area contributed by atoms with Crippen LogP contribution in [0.4, 0.5) is 13.2 Å². The Morgan fingerprint density at radius 1 is 0.854 bits per heavy atom. The molecule has 41 heavy (non-hydrogen) atoms. The Morgan fingerprint density at radius 2 is 1.54 bits per heavy atom. The summed E-state index contributed by atoms with van der Waals surface area (Å²) < 4.78 is 39.1. The van der Waals surface area contributed by atoms with Crippen LogP contribution in [0.15, 0.2) is 73.3 Å². The first-order valence-electron chi connectivity index (χ1n) is 14.9. The molecule has 3 nitrogen and oxygen atoms in total. The minimum atomic E-state index is -4.28. The quantitative estimate of drug-likeness (QED) is 0.302. The molecule has 1 unspecified atom stereocenters. The third-order valence-corrected chi connectivity index (χ3v) is 8.63. The van der Waals surface area contributed by atoms with Crippen molar-refractivity contribution in [1.82, 2.24) is 9.80 Å². The van der Waals surface area contributed by atoms with Gasteiger partial charge in [0, 0.05) is 35.8 Å². The van der Waals surface area contributed by atoms with Gasteiger partial charge in [0.2, 0.25) is 0 Å². The minimum Gasteiger partial charge on any atom is -0.307 e. The Hall–Kier alpha value is -3.38. The third kappa shape index (κ3) is 6.43. The SMILES string of the molecule is C=C1c2ccccc2C(=O)N1CCN1CCCCC1.CCCCC1c2ccccc2Cc2ccc(C(F)(F)F)cc21.